The van der Waals surface area contributed by atoms with Gasteiger partial charge < -0.3 is 4.90 Å². The molecule has 1 N–H and O–H groups in total. The summed E-state index contributed by atoms with van der Waals surface area (Å²) in [6.45, 7) is 4.11. The van der Waals surface area contributed by atoms with E-state index in [9.17, 15) is 13.2 Å². The summed E-state index contributed by atoms with van der Waals surface area (Å²) in [5, 5.41) is 0.270. The van der Waals surface area contributed by atoms with Crippen LogP contribution in [0.2, 0.25) is 0 Å². The molecule has 0 aromatic heterocycles. The molecule has 3 rings (SSSR count). The van der Waals surface area contributed by atoms with E-state index in [0.717, 1.165) is 4.90 Å². The number of amides is 1. The van der Waals surface area contributed by atoms with Crippen molar-refractivity contribution < 1.29 is 13.2 Å². The Morgan fingerprint density at radius 3 is 2.58 bits per heavy atom. The zero-order valence-electron chi connectivity index (χ0n) is 13.4. The molecule has 1 amide bonds. The molecular weight excluding hydrogens is 344 g/mol. The fourth-order valence-electron chi connectivity index (χ4n) is 2.60. The van der Waals surface area contributed by atoms with Crippen molar-refractivity contribution in [2.24, 2.45) is 0 Å². The van der Waals surface area contributed by atoms with E-state index >= 15 is 0 Å². The lowest BCUT2D eigenvalue weighted by molar-refractivity contribution is -0.116. The Hall–Kier alpha value is -1.99. The maximum atomic E-state index is 12.6. The zero-order valence-corrected chi connectivity index (χ0v) is 15.0. The molecule has 1 aliphatic rings. The fourth-order valence-corrected chi connectivity index (χ4v) is 4.77. The van der Waals surface area contributed by atoms with Crippen LogP contribution in [0.15, 0.2) is 58.3 Å². The molecule has 1 aliphatic heterocycles. The number of hydrogen-bond acceptors (Lipinski definition) is 4. The number of thioether (sulfide) groups is 1. The summed E-state index contributed by atoms with van der Waals surface area (Å²) in [6.07, 6.45) is 0. The second-order valence-corrected chi connectivity index (χ2v) is 8.82. The SMILES string of the molecule is CC(=O)N1C[C@@H](C)Sc2ccc(S(=O)(=O)Nc3ccccc3)cc21. The lowest BCUT2D eigenvalue weighted by Gasteiger charge is -2.32. The minimum atomic E-state index is -3.71. The molecule has 0 aliphatic carbocycles. The summed E-state index contributed by atoms with van der Waals surface area (Å²) in [6, 6.07) is 13.6. The highest BCUT2D eigenvalue weighted by molar-refractivity contribution is 8.00. The van der Waals surface area contributed by atoms with Gasteiger partial charge in [-0.3, -0.25) is 9.52 Å². The number of carbonyl (C=O) groups is 1. The monoisotopic (exact) mass is 362 g/mol. The number of carbonyl (C=O) groups excluding carboxylic acids is 1. The Labute approximate surface area is 146 Å². The average Bonchev–Trinajstić information content (AvgIpc) is 2.54. The van der Waals surface area contributed by atoms with Crippen LogP contribution in [0.4, 0.5) is 11.4 Å². The number of benzene rings is 2. The molecule has 7 heteroatoms. The Morgan fingerprint density at radius 2 is 1.92 bits per heavy atom. The van der Waals surface area contributed by atoms with Crippen LogP contribution < -0.4 is 9.62 Å². The van der Waals surface area contributed by atoms with Crippen molar-refractivity contribution in [2.75, 3.05) is 16.2 Å². The Bertz CT molecular complexity index is 867. The predicted octanol–water partition coefficient (Wildman–Crippen LogP) is 3.33. The number of sulfonamides is 1. The minimum Gasteiger partial charge on any atom is -0.310 e. The molecule has 1 heterocycles. The first-order valence-corrected chi connectivity index (χ1v) is 9.90. The highest BCUT2D eigenvalue weighted by Gasteiger charge is 2.27. The zero-order chi connectivity index (χ0) is 17.3. The van der Waals surface area contributed by atoms with Crippen LogP contribution in [-0.2, 0) is 14.8 Å². The standard InChI is InChI=1S/C17H18N2O3S2/c1-12-11-19(13(2)20)16-10-15(8-9-17(16)23-12)24(21,22)18-14-6-4-3-5-7-14/h3-10,12,18H,11H2,1-2H3/t12-/m1/s1. The van der Waals surface area contributed by atoms with Crippen LogP contribution >= 0.6 is 11.8 Å². The molecule has 0 radical (unpaired) electrons. The average molecular weight is 362 g/mol. The van der Waals surface area contributed by atoms with E-state index in [1.165, 1.54) is 6.92 Å². The summed E-state index contributed by atoms with van der Waals surface area (Å²) >= 11 is 1.65. The number of anilines is 2. The van der Waals surface area contributed by atoms with E-state index in [4.69, 9.17) is 0 Å². The van der Waals surface area contributed by atoms with Gasteiger partial charge in [0.05, 0.1) is 10.6 Å². The van der Waals surface area contributed by atoms with E-state index in [0.29, 0.717) is 17.9 Å². The topological polar surface area (TPSA) is 66.5 Å². The van der Waals surface area contributed by atoms with Crippen molar-refractivity contribution in [3.63, 3.8) is 0 Å². The van der Waals surface area contributed by atoms with Crippen molar-refractivity contribution in [1.82, 2.24) is 0 Å². The highest BCUT2D eigenvalue weighted by atomic mass is 32.2. The molecule has 0 saturated carbocycles. The number of rotatable bonds is 3. The maximum Gasteiger partial charge on any atom is 0.261 e. The van der Waals surface area contributed by atoms with Gasteiger partial charge in [-0.2, -0.15) is 0 Å². The van der Waals surface area contributed by atoms with Crippen LogP contribution in [0.3, 0.4) is 0 Å². The molecule has 0 unspecified atom stereocenters. The van der Waals surface area contributed by atoms with E-state index in [1.54, 1.807) is 59.1 Å². The van der Waals surface area contributed by atoms with Gasteiger partial charge in [0.1, 0.15) is 0 Å². The molecule has 5 nitrogen and oxygen atoms in total. The van der Waals surface area contributed by atoms with Crippen molar-refractivity contribution in [2.45, 2.75) is 28.9 Å². The van der Waals surface area contributed by atoms with Crippen LogP contribution in [0.1, 0.15) is 13.8 Å². The molecule has 1 atom stereocenters. The Balaban J connectivity index is 1.98. The van der Waals surface area contributed by atoms with Gasteiger partial charge in [-0.25, -0.2) is 8.42 Å². The third-order valence-electron chi connectivity index (χ3n) is 3.71. The van der Waals surface area contributed by atoms with Gasteiger partial charge in [0.2, 0.25) is 5.91 Å². The van der Waals surface area contributed by atoms with Gasteiger partial charge in [-0.15, -0.1) is 11.8 Å². The maximum absolute atomic E-state index is 12.6. The van der Waals surface area contributed by atoms with Gasteiger partial charge in [0, 0.05) is 29.3 Å². The summed E-state index contributed by atoms with van der Waals surface area (Å²) in [5.74, 6) is -0.0889. The molecule has 126 valence electrons. The first-order chi connectivity index (χ1) is 11.4. The summed E-state index contributed by atoms with van der Waals surface area (Å²) in [5.41, 5.74) is 1.16. The van der Waals surface area contributed by atoms with Crippen LogP contribution in [-0.4, -0.2) is 26.1 Å². The number of nitrogens with one attached hydrogen (secondary N) is 1. The van der Waals surface area contributed by atoms with Gasteiger partial charge in [0.15, 0.2) is 0 Å². The molecular formula is C17H18N2O3S2. The molecule has 2 aromatic carbocycles. The van der Waals surface area contributed by atoms with Crippen molar-refractivity contribution in [3.8, 4) is 0 Å². The van der Waals surface area contributed by atoms with Gasteiger partial charge in [-0.05, 0) is 30.3 Å². The van der Waals surface area contributed by atoms with Gasteiger partial charge >= 0.3 is 0 Å². The van der Waals surface area contributed by atoms with E-state index < -0.39 is 10.0 Å². The first kappa shape index (κ1) is 16.9. The molecule has 0 saturated heterocycles. The van der Waals surface area contributed by atoms with E-state index in [1.807, 2.05) is 13.0 Å². The summed E-state index contributed by atoms with van der Waals surface area (Å²) in [7, 11) is -3.71. The highest BCUT2D eigenvalue weighted by Crippen LogP contribution is 2.39. The number of hydrogen-bond donors (Lipinski definition) is 1. The van der Waals surface area contributed by atoms with Crippen molar-refractivity contribution in [1.29, 1.82) is 0 Å². The van der Waals surface area contributed by atoms with Crippen molar-refractivity contribution in [3.05, 3.63) is 48.5 Å². The lowest BCUT2D eigenvalue weighted by atomic mass is 10.2. The Kier molecular flexibility index (Phi) is 4.56. The second kappa shape index (κ2) is 6.49. The molecule has 0 fully saturated rings. The minimum absolute atomic E-state index is 0.0889. The predicted molar refractivity (Wildman–Crippen MR) is 97.0 cm³/mol. The third-order valence-corrected chi connectivity index (χ3v) is 6.24. The number of fused-ring (bicyclic) bond motifs is 1. The first-order valence-electron chi connectivity index (χ1n) is 7.53. The smallest absolute Gasteiger partial charge is 0.261 e. The number of para-hydroxylation sites is 1. The lowest BCUT2D eigenvalue weighted by Crippen LogP contribution is -2.37. The molecule has 24 heavy (non-hydrogen) atoms. The van der Waals surface area contributed by atoms with Crippen LogP contribution in [0.5, 0.6) is 0 Å². The normalized spacial score (nSPS) is 17.2. The van der Waals surface area contributed by atoms with Crippen LogP contribution in [0.25, 0.3) is 0 Å². The molecule has 0 spiro atoms. The fraction of sp³-hybridized carbons (Fsp3) is 0.235. The third kappa shape index (κ3) is 3.42. The van der Waals surface area contributed by atoms with Crippen LogP contribution in [0, 0.1) is 0 Å². The largest absolute Gasteiger partial charge is 0.310 e. The van der Waals surface area contributed by atoms with Gasteiger partial charge in [0.25, 0.3) is 10.0 Å². The summed E-state index contributed by atoms with van der Waals surface area (Å²) in [4.78, 5) is 14.6. The van der Waals surface area contributed by atoms with E-state index in [2.05, 4.69) is 4.72 Å². The Morgan fingerprint density at radius 1 is 1.21 bits per heavy atom. The molecule has 0 bridgehead atoms. The quantitative estimate of drug-likeness (QED) is 0.909. The van der Waals surface area contributed by atoms with E-state index in [-0.39, 0.29) is 16.1 Å². The number of nitrogens with zero attached hydrogens (tertiary/aromatic N) is 1. The second-order valence-electron chi connectivity index (χ2n) is 5.66. The van der Waals surface area contributed by atoms with Crippen molar-refractivity contribution >= 4 is 39.1 Å². The summed E-state index contributed by atoms with van der Waals surface area (Å²) < 4.78 is 27.8. The van der Waals surface area contributed by atoms with Gasteiger partial charge in [-0.1, -0.05) is 25.1 Å². The molecule has 2 aromatic rings.